The van der Waals surface area contributed by atoms with Gasteiger partial charge in [0.05, 0.1) is 61.9 Å². The molecule has 13 N–H and O–H groups in total. The third kappa shape index (κ3) is 13.6. The molecule has 0 aliphatic carbocycles. The highest BCUT2D eigenvalue weighted by Crippen LogP contribution is 2.33. The van der Waals surface area contributed by atoms with Crippen molar-refractivity contribution in [3.05, 3.63) is 85.2 Å². The van der Waals surface area contributed by atoms with Gasteiger partial charge in [0.1, 0.15) is 11.4 Å². The maximum atomic E-state index is 7.49. The van der Waals surface area contributed by atoms with Gasteiger partial charge in [-0.1, -0.05) is 34.7 Å². The number of rotatable bonds is 25. The van der Waals surface area contributed by atoms with Gasteiger partial charge in [-0.25, -0.2) is 9.36 Å². The Morgan fingerprint density at radius 3 is 1.44 bits per heavy atom. The summed E-state index contributed by atoms with van der Waals surface area (Å²) in [5.74, 6) is 3.05. The molecular formula is C44H56N16O4. The fourth-order valence-electron chi connectivity index (χ4n) is 6.36. The first kappa shape index (κ1) is 45.6. The molecule has 0 fully saturated rings. The van der Waals surface area contributed by atoms with E-state index in [2.05, 4.69) is 59.9 Å². The molecule has 64 heavy (non-hydrogen) atoms. The number of nitrogens with zero attached hydrogens (tertiary/aromatic N) is 9. The van der Waals surface area contributed by atoms with Gasteiger partial charge in [-0.15, -0.1) is 10.2 Å². The number of nitrogens with two attached hydrogens (primary N) is 6. The second-order valence-corrected chi connectivity index (χ2v) is 14.7. The number of guanidine groups is 2. The predicted molar refractivity (Wildman–Crippen MR) is 250 cm³/mol. The lowest BCUT2D eigenvalue weighted by Gasteiger charge is -2.14. The molecule has 0 amide bonds. The highest BCUT2D eigenvalue weighted by molar-refractivity contribution is 5.90. The van der Waals surface area contributed by atoms with Crippen LogP contribution in [0.5, 0.6) is 23.0 Å². The van der Waals surface area contributed by atoms with Crippen molar-refractivity contribution in [1.29, 1.82) is 5.41 Å². The van der Waals surface area contributed by atoms with E-state index >= 15 is 0 Å². The van der Waals surface area contributed by atoms with Crippen LogP contribution in [0.25, 0.3) is 44.7 Å². The Labute approximate surface area is 370 Å². The summed E-state index contributed by atoms with van der Waals surface area (Å²) in [4.78, 5) is 12.3. The van der Waals surface area contributed by atoms with Crippen molar-refractivity contribution < 1.29 is 18.9 Å². The van der Waals surface area contributed by atoms with E-state index < -0.39 is 0 Å². The summed E-state index contributed by atoms with van der Waals surface area (Å²) < 4.78 is 27.8. The normalized spacial score (nSPS) is 11.3. The van der Waals surface area contributed by atoms with Crippen LogP contribution in [0, 0.1) is 5.41 Å². The number of unbranched alkanes of at least 4 members (excludes halogenated alkanes) is 1. The molecule has 2 heterocycles. The number of aliphatic imine (C=N–C) groups is 3. The molecule has 4 aromatic carbocycles. The second-order valence-electron chi connectivity index (χ2n) is 14.7. The number of nitrogens with one attached hydrogen (secondary N) is 1. The van der Waals surface area contributed by atoms with E-state index in [9.17, 15) is 0 Å². The minimum atomic E-state index is 0.0310. The summed E-state index contributed by atoms with van der Waals surface area (Å²) in [5, 5.41) is 27.5. The molecule has 2 aromatic heterocycles. The van der Waals surface area contributed by atoms with Crippen molar-refractivity contribution in [2.75, 3.05) is 46.1 Å². The summed E-state index contributed by atoms with van der Waals surface area (Å²) in [6.45, 7) is 4.83. The Hall–Kier alpha value is -7.90. The van der Waals surface area contributed by atoms with Crippen molar-refractivity contribution in [1.82, 2.24) is 30.0 Å². The average Bonchev–Trinajstić information content (AvgIpc) is 3.98. The Balaban J connectivity index is 1.17. The molecule has 336 valence electrons. The van der Waals surface area contributed by atoms with Gasteiger partial charge in [-0.3, -0.25) is 20.4 Å². The van der Waals surface area contributed by atoms with E-state index in [-0.39, 0.29) is 17.8 Å². The number of hydrogen-bond donors (Lipinski definition) is 7. The highest BCUT2D eigenvalue weighted by Gasteiger charge is 2.14. The van der Waals surface area contributed by atoms with Crippen LogP contribution in [0.2, 0.25) is 0 Å². The monoisotopic (exact) mass is 872 g/mol. The maximum Gasteiger partial charge on any atom is 0.185 e. The largest absolute Gasteiger partial charge is 0.490 e. The van der Waals surface area contributed by atoms with Crippen molar-refractivity contribution in [2.24, 2.45) is 49.4 Å². The third-order valence-electron chi connectivity index (χ3n) is 9.53. The van der Waals surface area contributed by atoms with Crippen LogP contribution in [0.4, 0.5) is 0 Å². The zero-order valence-electron chi connectivity index (χ0n) is 35.9. The first-order valence-corrected chi connectivity index (χ1v) is 20.9. The average molecular weight is 873 g/mol. The van der Waals surface area contributed by atoms with E-state index in [1.165, 1.54) is 0 Å². The van der Waals surface area contributed by atoms with Crippen LogP contribution in [-0.2, 0) is 0 Å². The smallest absolute Gasteiger partial charge is 0.185 e. The Bertz CT molecular complexity index is 2570. The molecule has 0 radical (unpaired) electrons. The fourth-order valence-corrected chi connectivity index (χ4v) is 6.36. The van der Waals surface area contributed by atoms with Gasteiger partial charge in [-0.05, 0) is 66.9 Å². The van der Waals surface area contributed by atoms with Crippen molar-refractivity contribution in [2.45, 2.75) is 45.4 Å². The molecule has 0 unspecified atom stereocenters. The summed E-state index contributed by atoms with van der Waals surface area (Å²) in [7, 11) is 0. The minimum absolute atomic E-state index is 0.0310. The molecule has 0 bridgehead atoms. The minimum Gasteiger partial charge on any atom is -0.490 e. The van der Waals surface area contributed by atoms with Crippen LogP contribution >= 0.6 is 0 Å². The van der Waals surface area contributed by atoms with Crippen molar-refractivity contribution >= 4 is 34.4 Å². The van der Waals surface area contributed by atoms with Crippen LogP contribution in [0.3, 0.4) is 0 Å². The lowest BCUT2D eigenvalue weighted by atomic mass is 10.0. The van der Waals surface area contributed by atoms with Crippen molar-refractivity contribution in [3.8, 4) is 56.9 Å². The molecular weight excluding hydrogens is 817 g/mol. The van der Waals surface area contributed by atoms with E-state index in [0.29, 0.717) is 112 Å². The van der Waals surface area contributed by atoms with Crippen LogP contribution in [0.1, 0.15) is 45.4 Å². The van der Waals surface area contributed by atoms with E-state index in [1.54, 1.807) is 16.3 Å². The SMILES string of the molecule is CC(N)=NCCCOc1ccc(-n2cc(-c3ccc4ccc(-c5cn(-c6ccc(OCCCN=C(N)N)c(OCCCN=C(N)N)c6)nn5)cc4c3)nn2)cc1OCCCCC(=N)N. The Kier molecular flexibility index (Phi) is 16.3. The lowest BCUT2D eigenvalue weighted by molar-refractivity contribution is 0.263. The quantitative estimate of drug-likeness (QED) is 0.0243. The Morgan fingerprint density at radius 1 is 0.531 bits per heavy atom. The first-order valence-electron chi connectivity index (χ1n) is 20.9. The van der Waals surface area contributed by atoms with Gasteiger partial charge in [-0.2, -0.15) is 0 Å². The van der Waals surface area contributed by atoms with E-state index in [1.807, 2.05) is 60.9 Å². The molecule has 0 saturated carbocycles. The molecule has 6 aromatic rings. The molecule has 20 heteroatoms. The summed E-state index contributed by atoms with van der Waals surface area (Å²) in [5.41, 5.74) is 37.6. The molecule has 0 aliphatic rings. The number of aromatic nitrogens is 6. The van der Waals surface area contributed by atoms with Gasteiger partial charge in [0.25, 0.3) is 0 Å². The van der Waals surface area contributed by atoms with Crippen LogP contribution < -0.4 is 53.3 Å². The standard InChI is InChI=1S/C44H56N16O4/c1-29(45)52-16-4-20-61-38-14-12-34(25-40(38)63-19-3-2-7-42(46)47)59-27-36(55-57-59)31-10-8-30-9-11-32(24-33(30)23-31)37-28-60(58-56-37)35-13-15-39(62-21-5-17-53-43(48)49)41(26-35)64-22-6-18-54-44(50)51/h8-15,23-28H,2-7,16-22H2,1H3,(H2,45,52)(H3,46,47)(H4,48,49,53)(H4,50,51,54). The lowest BCUT2D eigenvalue weighted by Crippen LogP contribution is -2.23. The van der Waals surface area contributed by atoms with Gasteiger partial charge in [0, 0.05) is 68.6 Å². The molecule has 20 nitrogen and oxygen atoms in total. The molecule has 0 atom stereocenters. The Morgan fingerprint density at radius 2 is 0.984 bits per heavy atom. The number of fused-ring (bicyclic) bond motifs is 1. The summed E-state index contributed by atoms with van der Waals surface area (Å²) in [6, 6.07) is 23.5. The first-order chi connectivity index (χ1) is 31.0. The zero-order valence-corrected chi connectivity index (χ0v) is 35.9. The number of hydrogen-bond acceptors (Lipinski definition) is 12. The zero-order chi connectivity index (χ0) is 45.3. The van der Waals surface area contributed by atoms with Gasteiger partial charge < -0.3 is 53.3 Å². The van der Waals surface area contributed by atoms with Crippen molar-refractivity contribution in [3.63, 3.8) is 0 Å². The fraction of sp³-hybridized carbons (Fsp3) is 0.318. The number of amidine groups is 2. The summed E-state index contributed by atoms with van der Waals surface area (Å²) >= 11 is 0. The number of benzene rings is 4. The van der Waals surface area contributed by atoms with E-state index in [0.717, 1.165) is 46.1 Å². The summed E-state index contributed by atoms with van der Waals surface area (Å²) in [6.07, 6.45) is 7.66. The van der Waals surface area contributed by atoms with E-state index in [4.69, 9.17) is 58.8 Å². The molecule has 0 spiro atoms. The third-order valence-corrected chi connectivity index (χ3v) is 9.53. The molecule has 0 aliphatic heterocycles. The highest BCUT2D eigenvalue weighted by atomic mass is 16.5. The van der Waals surface area contributed by atoms with Gasteiger partial charge >= 0.3 is 0 Å². The molecule has 0 saturated heterocycles. The van der Waals surface area contributed by atoms with Crippen LogP contribution in [0.15, 0.2) is 100 Å². The second kappa shape index (κ2) is 22.8. The van der Waals surface area contributed by atoms with Crippen LogP contribution in [-0.4, -0.2) is 99.6 Å². The topological polar surface area (TPSA) is 315 Å². The van der Waals surface area contributed by atoms with Gasteiger partial charge in [0.2, 0.25) is 0 Å². The predicted octanol–water partition coefficient (Wildman–Crippen LogP) is 4.05. The van der Waals surface area contributed by atoms with Gasteiger partial charge in [0.15, 0.2) is 34.9 Å². The number of ether oxygens (including phenoxy) is 4. The molecule has 6 rings (SSSR count). The maximum absolute atomic E-state index is 7.49.